The number of carboxylic acids is 1. The summed E-state index contributed by atoms with van der Waals surface area (Å²) in [5, 5.41) is 16.5. The van der Waals surface area contributed by atoms with Crippen LogP contribution >= 0.6 is 24.0 Å². The van der Waals surface area contributed by atoms with E-state index in [0.29, 0.717) is 29.9 Å². The molecule has 2 aliphatic rings. The van der Waals surface area contributed by atoms with Crippen LogP contribution in [0.3, 0.4) is 0 Å². The number of carbonyl (C=O) groups excluding carboxylic acids is 1. The molecule has 0 spiro atoms. The van der Waals surface area contributed by atoms with Crippen molar-refractivity contribution in [2.45, 2.75) is 32.2 Å². The largest absolute Gasteiger partial charge is 0.481 e. The second-order valence-electron chi connectivity index (χ2n) is 6.86. The topological polar surface area (TPSA) is 87.5 Å². The van der Waals surface area contributed by atoms with Gasteiger partial charge in [0.2, 0.25) is 0 Å². The van der Waals surface area contributed by atoms with Gasteiger partial charge in [-0.15, -0.1) is 12.4 Å². The van der Waals surface area contributed by atoms with Crippen molar-refractivity contribution in [2.24, 2.45) is 18.9 Å². The van der Waals surface area contributed by atoms with E-state index in [0.717, 1.165) is 12.2 Å². The summed E-state index contributed by atoms with van der Waals surface area (Å²) in [6, 6.07) is 0.0252. The summed E-state index contributed by atoms with van der Waals surface area (Å²) < 4.78 is 1.60. The van der Waals surface area contributed by atoms with E-state index < -0.39 is 5.97 Å². The van der Waals surface area contributed by atoms with Gasteiger partial charge in [-0.25, -0.2) is 0 Å². The summed E-state index contributed by atoms with van der Waals surface area (Å²) in [6.45, 7) is 3.87. The highest BCUT2D eigenvalue weighted by Gasteiger charge is 2.43. The SMILES string of the molecule is Cc1c(Cl)c(C(=O)N[C@H]2CN(CCC(=O)O)C[C@@H]2C2CC2)nn1C.Cl. The number of likely N-dealkylation sites (tertiary alicyclic amines) is 1. The average Bonchev–Trinajstić information content (AvgIpc) is 3.25. The molecule has 2 heterocycles. The third-order valence-corrected chi connectivity index (χ3v) is 5.56. The lowest BCUT2D eigenvalue weighted by Crippen LogP contribution is -2.41. The fraction of sp³-hybridized carbons (Fsp3) is 0.688. The van der Waals surface area contributed by atoms with Crippen LogP contribution in [-0.4, -0.2) is 57.3 Å². The molecule has 1 aromatic heterocycles. The zero-order chi connectivity index (χ0) is 17.4. The predicted octanol–water partition coefficient (Wildman–Crippen LogP) is 1.72. The minimum Gasteiger partial charge on any atom is -0.481 e. The first-order valence-electron chi connectivity index (χ1n) is 8.31. The number of hydrogen-bond donors (Lipinski definition) is 2. The number of carboxylic acid groups (broad SMARTS) is 1. The summed E-state index contributed by atoms with van der Waals surface area (Å²) in [5.74, 6) is -0.0296. The van der Waals surface area contributed by atoms with Gasteiger partial charge in [-0.1, -0.05) is 11.6 Å². The van der Waals surface area contributed by atoms with Crippen LogP contribution in [0.5, 0.6) is 0 Å². The molecular formula is C16H24Cl2N4O3. The number of amides is 1. The summed E-state index contributed by atoms with van der Waals surface area (Å²) in [4.78, 5) is 25.5. The van der Waals surface area contributed by atoms with E-state index in [2.05, 4.69) is 15.3 Å². The summed E-state index contributed by atoms with van der Waals surface area (Å²) in [5.41, 5.74) is 1.02. The van der Waals surface area contributed by atoms with Crippen molar-refractivity contribution in [1.82, 2.24) is 20.0 Å². The molecule has 0 bridgehead atoms. The Kier molecular flexibility index (Phi) is 6.35. The number of aromatic nitrogens is 2. The first-order valence-corrected chi connectivity index (χ1v) is 8.68. The van der Waals surface area contributed by atoms with Gasteiger partial charge in [0.1, 0.15) is 0 Å². The Balaban J connectivity index is 0.00000225. The Bertz CT molecular complexity index is 660. The smallest absolute Gasteiger partial charge is 0.304 e. The van der Waals surface area contributed by atoms with E-state index >= 15 is 0 Å². The minimum absolute atomic E-state index is 0. The molecule has 0 aromatic carbocycles. The van der Waals surface area contributed by atoms with Crippen molar-refractivity contribution in [3.05, 3.63) is 16.4 Å². The van der Waals surface area contributed by atoms with E-state index in [4.69, 9.17) is 16.7 Å². The van der Waals surface area contributed by atoms with Crippen molar-refractivity contribution in [3.8, 4) is 0 Å². The van der Waals surface area contributed by atoms with E-state index in [1.165, 1.54) is 12.8 Å². The molecule has 140 valence electrons. The fourth-order valence-corrected chi connectivity index (χ4v) is 3.71. The van der Waals surface area contributed by atoms with E-state index in [9.17, 15) is 9.59 Å². The molecule has 1 amide bonds. The lowest BCUT2D eigenvalue weighted by molar-refractivity contribution is -0.137. The monoisotopic (exact) mass is 390 g/mol. The van der Waals surface area contributed by atoms with Gasteiger partial charge in [-0.05, 0) is 31.6 Å². The van der Waals surface area contributed by atoms with E-state index in [1.54, 1.807) is 11.7 Å². The van der Waals surface area contributed by atoms with Crippen LogP contribution in [0.2, 0.25) is 5.02 Å². The molecule has 2 N–H and O–H groups in total. The van der Waals surface area contributed by atoms with E-state index in [-0.39, 0.29) is 36.5 Å². The number of nitrogens with zero attached hydrogens (tertiary/aromatic N) is 3. The second-order valence-corrected chi connectivity index (χ2v) is 7.23. The standard InChI is InChI=1S/C16H23ClN4O3.ClH/c1-9-14(17)15(19-20(9)2)16(24)18-12-8-21(6-5-13(22)23)7-11(12)10-3-4-10;/h10-12H,3-8H2,1-2H3,(H,18,24)(H,22,23);1H/t11-,12+;/m1./s1. The number of aliphatic carboxylic acids is 1. The third-order valence-electron chi connectivity index (χ3n) is 5.10. The minimum atomic E-state index is -0.791. The van der Waals surface area contributed by atoms with Gasteiger partial charge in [0.05, 0.1) is 17.1 Å². The Morgan fingerprint density at radius 2 is 2.04 bits per heavy atom. The first-order chi connectivity index (χ1) is 11.4. The summed E-state index contributed by atoms with van der Waals surface area (Å²) in [6.07, 6.45) is 2.50. The molecule has 0 radical (unpaired) electrons. The zero-order valence-electron chi connectivity index (χ0n) is 14.4. The van der Waals surface area contributed by atoms with Crippen LogP contribution in [0.25, 0.3) is 0 Å². The number of halogens is 2. The van der Waals surface area contributed by atoms with E-state index in [1.807, 2.05) is 6.92 Å². The van der Waals surface area contributed by atoms with Crippen molar-refractivity contribution in [2.75, 3.05) is 19.6 Å². The zero-order valence-corrected chi connectivity index (χ0v) is 15.9. The molecule has 1 aliphatic carbocycles. The van der Waals surface area contributed by atoms with Gasteiger partial charge < -0.3 is 15.3 Å². The lowest BCUT2D eigenvalue weighted by Gasteiger charge is -2.19. The highest BCUT2D eigenvalue weighted by molar-refractivity contribution is 6.34. The molecule has 0 unspecified atom stereocenters. The molecule has 2 fully saturated rings. The molecule has 7 nitrogen and oxygen atoms in total. The Morgan fingerprint density at radius 1 is 1.36 bits per heavy atom. The lowest BCUT2D eigenvalue weighted by atomic mass is 9.98. The second kappa shape index (κ2) is 7.93. The number of carbonyl (C=O) groups is 2. The van der Waals surface area contributed by atoms with Gasteiger partial charge >= 0.3 is 5.97 Å². The Morgan fingerprint density at radius 3 is 2.56 bits per heavy atom. The highest BCUT2D eigenvalue weighted by atomic mass is 35.5. The molecule has 3 rings (SSSR count). The molecule has 9 heteroatoms. The number of aryl methyl sites for hydroxylation is 1. The number of rotatable bonds is 6. The molecule has 1 aromatic rings. The van der Waals surface area contributed by atoms with Crippen LogP contribution in [0, 0.1) is 18.8 Å². The predicted molar refractivity (Wildman–Crippen MR) is 96.4 cm³/mol. The fourth-order valence-electron chi connectivity index (χ4n) is 3.47. The molecule has 1 saturated carbocycles. The van der Waals surface area contributed by atoms with Crippen LogP contribution in [0.4, 0.5) is 0 Å². The van der Waals surface area contributed by atoms with Gasteiger partial charge in [-0.2, -0.15) is 5.10 Å². The highest BCUT2D eigenvalue weighted by Crippen LogP contribution is 2.41. The maximum Gasteiger partial charge on any atom is 0.304 e. The molecule has 1 aliphatic heterocycles. The Hall–Kier alpha value is -1.31. The third kappa shape index (κ3) is 4.46. The van der Waals surface area contributed by atoms with Crippen molar-refractivity contribution < 1.29 is 14.7 Å². The molecule has 2 atom stereocenters. The van der Waals surface area contributed by atoms with Crippen molar-refractivity contribution in [1.29, 1.82) is 0 Å². The van der Waals surface area contributed by atoms with Crippen molar-refractivity contribution >= 4 is 35.9 Å². The van der Waals surface area contributed by atoms with Gasteiger partial charge in [0.25, 0.3) is 5.91 Å². The molecule has 25 heavy (non-hydrogen) atoms. The Labute approximate surface area is 158 Å². The quantitative estimate of drug-likeness (QED) is 0.771. The first kappa shape index (κ1) is 20.0. The van der Waals surface area contributed by atoms with Gasteiger partial charge in [0, 0.05) is 32.7 Å². The number of hydrogen-bond acceptors (Lipinski definition) is 4. The maximum atomic E-state index is 12.6. The summed E-state index contributed by atoms with van der Waals surface area (Å²) in [7, 11) is 1.76. The van der Waals surface area contributed by atoms with Gasteiger partial charge in [0.15, 0.2) is 5.69 Å². The molecule has 1 saturated heterocycles. The van der Waals surface area contributed by atoms with Crippen molar-refractivity contribution in [3.63, 3.8) is 0 Å². The van der Waals surface area contributed by atoms with Crippen LogP contribution in [0.15, 0.2) is 0 Å². The number of nitrogens with one attached hydrogen (secondary N) is 1. The summed E-state index contributed by atoms with van der Waals surface area (Å²) >= 11 is 6.20. The van der Waals surface area contributed by atoms with Crippen LogP contribution in [-0.2, 0) is 11.8 Å². The van der Waals surface area contributed by atoms with Crippen LogP contribution < -0.4 is 5.32 Å². The van der Waals surface area contributed by atoms with Gasteiger partial charge in [-0.3, -0.25) is 14.3 Å². The average molecular weight is 391 g/mol. The molecular weight excluding hydrogens is 367 g/mol. The van der Waals surface area contributed by atoms with Crippen LogP contribution in [0.1, 0.15) is 35.4 Å². The normalized spacial score (nSPS) is 23.3. The maximum absolute atomic E-state index is 12.6.